The van der Waals surface area contributed by atoms with Crippen LogP contribution in [0.3, 0.4) is 0 Å². The molecule has 2 saturated heterocycles. The Morgan fingerprint density at radius 1 is 1.11 bits per heavy atom. The minimum absolute atomic E-state index is 0.159. The molecule has 1 aromatic rings. The zero-order chi connectivity index (χ0) is 18.9. The maximum absolute atomic E-state index is 12.4. The van der Waals surface area contributed by atoms with Crippen LogP contribution in [0.5, 0.6) is 5.75 Å². The van der Waals surface area contributed by atoms with Crippen molar-refractivity contribution in [1.82, 2.24) is 15.1 Å². The van der Waals surface area contributed by atoms with Gasteiger partial charge < -0.3 is 14.8 Å². The van der Waals surface area contributed by atoms with E-state index in [-0.39, 0.29) is 11.8 Å². The molecule has 0 spiro atoms. The number of hydrogen-bond acceptors (Lipinski definition) is 5. The van der Waals surface area contributed by atoms with Gasteiger partial charge in [-0.15, -0.1) is 0 Å². The lowest BCUT2D eigenvalue weighted by Crippen LogP contribution is -2.44. The number of amides is 1. The minimum Gasteiger partial charge on any atom is -0.494 e. The Bertz CT molecular complexity index is 565. The highest BCUT2D eigenvalue weighted by Crippen LogP contribution is 2.20. The van der Waals surface area contributed by atoms with Crippen LogP contribution in [0, 0.1) is 5.92 Å². The van der Waals surface area contributed by atoms with Gasteiger partial charge in [-0.25, -0.2) is 0 Å². The highest BCUT2D eigenvalue weighted by molar-refractivity contribution is 5.78. The summed E-state index contributed by atoms with van der Waals surface area (Å²) < 4.78 is 10.8. The largest absolute Gasteiger partial charge is 0.494 e. The molecule has 2 aliphatic rings. The van der Waals surface area contributed by atoms with E-state index in [1.807, 2.05) is 19.1 Å². The van der Waals surface area contributed by atoms with Crippen LogP contribution in [0.1, 0.15) is 25.3 Å². The number of morpholine rings is 1. The number of ether oxygens (including phenoxy) is 2. The Morgan fingerprint density at radius 3 is 2.48 bits per heavy atom. The van der Waals surface area contributed by atoms with Gasteiger partial charge in [0, 0.05) is 38.6 Å². The number of piperidine rings is 1. The lowest BCUT2D eigenvalue weighted by molar-refractivity contribution is -0.126. The van der Waals surface area contributed by atoms with E-state index in [1.54, 1.807) is 0 Å². The van der Waals surface area contributed by atoms with Crippen molar-refractivity contribution < 1.29 is 14.3 Å². The van der Waals surface area contributed by atoms with E-state index in [4.69, 9.17) is 9.47 Å². The molecule has 2 fully saturated rings. The lowest BCUT2D eigenvalue weighted by atomic mass is 9.95. The first-order valence-electron chi connectivity index (χ1n) is 10.3. The van der Waals surface area contributed by atoms with Crippen molar-refractivity contribution >= 4 is 5.91 Å². The minimum atomic E-state index is 0.159. The number of rotatable bonds is 8. The number of nitrogens with one attached hydrogen (secondary N) is 1. The summed E-state index contributed by atoms with van der Waals surface area (Å²) >= 11 is 0. The monoisotopic (exact) mass is 375 g/mol. The van der Waals surface area contributed by atoms with Crippen LogP contribution < -0.4 is 10.1 Å². The van der Waals surface area contributed by atoms with E-state index in [2.05, 4.69) is 27.2 Å². The van der Waals surface area contributed by atoms with Crippen LogP contribution >= 0.6 is 0 Å². The Kier molecular flexibility index (Phi) is 7.93. The highest BCUT2D eigenvalue weighted by Gasteiger charge is 2.24. The number of likely N-dealkylation sites (tertiary alicyclic amines) is 1. The van der Waals surface area contributed by atoms with E-state index >= 15 is 0 Å². The van der Waals surface area contributed by atoms with Gasteiger partial charge in [-0.3, -0.25) is 14.6 Å². The van der Waals surface area contributed by atoms with Crippen molar-refractivity contribution in [1.29, 1.82) is 0 Å². The van der Waals surface area contributed by atoms with Gasteiger partial charge in [-0.1, -0.05) is 12.1 Å². The highest BCUT2D eigenvalue weighted by atomic mass is 16.5. The van der Waals surface area contributed by atoms with Crippen LogP contribution in [0.25, 0.3) is 0 Å². The molecule has 1 aromatic carbocycles. The van der Waals surface area contributed by atoms with Crippen LogP contribution in [0.4, 0.5) is 0 Å². The SMILES string of the molecule is CCOc1ccc(CN2CCC(C(=O)NCCN3CCOCC3)CC2)cc1. The van der Waals surface area contributed by atoms with Crippen molar-refractivity contribution in [3.8, 4) is 5.75 Å². The summed E-state index contributed by atoms with van der Waals surface area (Å²) in [6.07, 6.45) is 1.89. The third kappa shape index (κ3) is 6.48. The van der Waals surface area contributed by atoms with Crippen molar-refractivity contribution in [2.45, 2.75) is 26.3 Å². The van der Waals surface area contributed by atoms with Crippen molar-refractivity contribution in [3.63, 3.8) is 0 Å². The predicted molar refractivity (Wildman–Crippen MR) is 106 cm³/mol. The second-order valence-electron chi connectivity index (χ2n) is 7.37. The summed E-state index contributed by atoms with van der Waals surface area (Å²) in [6.45, 7) is 10.8. The van der Waals surface area contributed by atoms with Crippen molar-refractivity contribution in [2.75, 3.05) is 59.1 Å². The number of carbonyl (C=O) groups excluding carboxylic acids is 1. The Labute approximate surface area is 162 Å². The Balaban J connectivity index is 1.33. The van der Waals surface area contributed by atoms with E-state index in [0.29, 0.717) is 6.61 Å². The average Bonchev–Trinajstić information content (AvgIpc) is 2.71. The Hall–Kier alpha value is -1.63. The fourth-order valence-electron chi connectivity index (χ4n) is 3.78. The lowest BCUT2D eigenvalue weighted by Gasteiger charge is -2.31. The first kappa shape index (κ1) is 20.1. The summed E-state index contributed by atoms with van der Waals surface area (Å²) in [5, 5.41) is 3.13. The third-order valence-electron chi connectivity index (χ3n) is 5.43. The van der Waals surface area contributed by atoms with E-state index < -0.39 is 0 Å². The van der Waals surface area contributed by atoms with Crippen LogP contribution in [0.15, 0.2) is 24.3 Å². The smallest absolute Gasteiger partial charge is 0.223 e. The molecule has 6 heteroatoms. The molecule has 0 bridgehead atoms. The normalized spacial score (nSPS) is 19.7. The zero-order valence-electron chi connectivity index (χ0n) is 16.5. The first-order valence-corrected chi connectivity index (χ1v) is 10.3. The number of benzene rings is 1. The van der Waals surface area contributed by atoms with Crippen LogP contribution in [-0.2, 0) is 16.1 Å². The third-order valence-corrected chi connectivity index (χ3v) is 5.43. The molecule has 0 aliphatic carbocycles. The van der Waals surface area contributed by atoms with E-state index in [0.717, 1.165) is 77.6 Å². The van der Waals surface area contributed by atoms with E-state index in [9.17, 15) is 4.79 Å². The van der Waals surface area contributed by atoms with Crippen molar-refractivity contribution in [3.05, 3.63) is 29.8 Å². The maximum atomic E-state index is 12.4. The fraction of sp³-hybridized carbons (Fsp3) is 0.667. The average molecular weight is 376 g/mol. The number of carbonyl (C=O) groups is 1. The topological polar surface area (TPSA) is 54.0 Å². The maximum Gasteiger partial charge on any atom is 0.223 e. The summed E-state index contributed by atoms with van der Waals surface area (Å²) in [5.41, 5.74) is 1.30. The van der Waals surface area contributed by atoms with Gasteiger partial charge in [-0.2, -0.15) is 0 Å². The van der Waals surface area contributed by atoms with Crippen molar-refractivity contribution in [2.24, 2.45) is 5.92 Å². The standard InChI is InChI=1S/C21H33N3O3/c1-2-27-20-5-3-18(4-6-20)17-24-10-7-19(8-11-24)21(25)22-9-12-23-13-15-26-16-14-23/h3-6,19H,2,7-17H2,1H3,(H,22,25). The summed E-state index contributed by atoms with van der Waals surface area (Å²) in [5.74, 6) is 1.31. The Morgan fingerprint density at radius 2 is 1.81 bits per heavy atom. The zero-order valence-corrected chi connectivity index (χ0v) is 16.5. The van der Waals surface area contributed by atoms with Gasteiger partial charge in [-0.05, 0) is 50.6 Å². The number of hydrogen-bond donors (Lipinski definition) is 1. The van der Waals surface area contributed by atoms with Gasteiger partial charge in [0.2, 0.25) is 5.91 Å². The predicted octanol–water partition coefficient (Wildman–Crippen LogP) is 1.75. The second-order valence-corrected chi connectivity index (χ2v) is 7.37. The van der Waals surface area contributed by atoms with Gasteiger partial charge in [0.25, 0.3) is 0 Å². The number of nitrogens with zero attached hydrogens (tertiary/aromatic N) is 2. The summed E-state index contributed by atoms with van der Waals surface area (Å²) in [7, 11) is 0. The van der Waals surface area contributed by atoms with E-state index in [1.165, 1.54) is 5.56 Å². The molecule has 6 nitrogen and oxygen atoms in total. The molecular formula is C21H33N3O3. The quantitative estimate of drug-likeness (QED) is 0.750. The molecule has 0 atom stereocenters. The van der Waals surface area contributed by atoms with Crippen LogP contribution in [-0.4, -0.2) is 74.8 Å². The molecule has 0 unspecified atom stereocenters. The molecule has 0 aromatic heterocycles. The molecule has 1 amide bonds. The van der Waals surface area contributed by atoms with Gasteiger partial charge in [0.05, 0.1) is 19.8 Å². The van der Waals surface area contributed by atoms with Gasteiger partial charge >= 0.3 is 0 Å². The van der Waals surface area contributed by atoms with Crippen LogP contribution in [0.2, 0.25) is 0 Å². The molecule has 150 valence electrons. The molecule has 3 rings (SSSR count). The molecular weight excluding hydrogens is 342 g/mol. The first-order chi connectivity index (χ1) is 13.2. The summed E-state index contributed by atoms with van der Waals surface area (Å²) in [6, 6.07) is 8.34. The second kappa shape index (κ2) is 10.6. The van der Waals surface area contributed by atoms with Gasteiger partial charge in [0.15, 0.2) is 0 Å². The molecule has 2 aliphatic heterocycles. The molecule has 27 heavy (non-hydrogen) atoms. The molecule has 2 heterocycles. The fourth-order valence-corrected chi connectivity index (χ4v) is 3.78. The van der Waals surface area contributed by atoms with Gasteiger partial charge in [0.1, 0.15) is 5.75 Å². The molecule has 1 N–H and O–H groups in total. The molecule has 0 saturated carbocycles. The molecule has 0 radical (unpaired) electrons. The summed E-state index contributed by atoms with van der Waals surface area (Å²) in [4.78, 5) is 17.2.